The number of nitrogens with zero attached hydrogens (tertiary/aromatic N) is 6. The van der Waals surface area contributed by atoms with Gasteiger partial charge in [-0.1, -0.05) is 12.1 Å². The number of fused-ring (bicyclic) bond motifs is 1. The van der Waals surface area contributed by atoms with Crippen LogP contribution in [0.25, 0.3) is 10.9 Å². The number of rotatable bonds is 6. The van der Waals surface area contributed by atoms with Crippen molar-refractivity contribution in [2.45, 2.75) is 39.3 Å². The molecule has 0 aliphatic carbocycles. The number of piperazine rings is 1. The number of nitrogens with one attached hydrogen (secondary N) is 1. The number of tetrazole rings is 1. The Hall–Kier alpha value is -3.79. The summed E-state index contributed by atoms with van der Waals surface area (Å²) < 4.78 is 21.9. The van der Waals surface area contributed by atoms with E-state index in [2.05, 4.69) is 25.4 Å². The SMILES string of the molecule is CCOc1ccc2[nH]c(=O)c(C(c3nnnn3C(C)(C)C)N3CCN(c4ccccc4F)CC3)cc2c1. The Labute approximate surface area is 214 Å². The number of H-pyrrole nitrogens is 1. The van der Waals surface area contributed by atoms with Gasteiger partial charge in [-0.2, -0.15) is 0 Å². The summed E-state index contributed by atoms with van der Waals surface area (Å²) in [5, 5.41) is 13.5. The van der Waals surface area contributed by atoms with Crippen molar-refractivity contribution >= 4 is 16.6 Å². The van der Waals surface area contributed by atoms with Crippen LogP contribution in [0.2, 0.25) is 0 Å². The van der Waals surface area contributed by atoms with Gasteiger partial charge in [0.1, 0.15) is 17.6 Å². The van der Waals surface area contributed by atoms with Gasteiger partial charge in [-0.05, 0) is 74.5 Å². The lowest BCUT2D eigenvalue weighted by Crippen LogP contribution is -2.49. The summed E-state index contributed by atoms with van der Waals surface area (Å²) in [6, 6.07) is 13.9. The van der Waals surface area contributed by atoms with Gasteiger partial charge in [-0.15, -0.1) is 5.10 Å². The number of hydrogen-bond acceptors (Lipinski definition) is 7. The monoisotopic (exact) mass is 505 g/mol. The number of aromatic amines is 1. The summed E-state index contributed by atoms with van der Waals surface area (Å²) in [6.07, 6.45) is 0. The van der Waals surface area contributed by atoms with Crippen LogP contribution in [0.15, 0.2) is 53.3 Å². The first kappa shape index (κ1) is 24.9. The van der Waals surface area contributed by atoms with Crippen molar-refractivity contribution in [1.29, 1.82) is 0 Å². The lowest BCUT2D eigenvalue weighted by molar-refractivity contribution is 0.190. The molecule has 1 atom stereocenters. The molecule has 2 aromatic heterocycles. The molecule has 9 nitrogen and oxygen atoms in total. The first-order valence-corrected chi connectivity index (χ1v) is 12.6. The van der Waals surface area contributed by atoms with E-state index in [9.17, 15) is 9.18 Å². The van der Waals surface area contributed by atoms with E-state index in [0.717, 1.165) is 16.7 Å². The van der Waals surface area contributed by atoms with E-state index in [4.69, 9.17) is 4.74 Å². The third kappa shape index (κ3) is 4.93. The van der Waals surface area contributed by atoms with Gasteiger partial charge in [0.15, 0.2) is 5.82 Å². The largest absolute Gasteiger partial charge is 0.494 e. The van der Waals surface area contributed by atoms with Crippen molar-refractivity contribution in [1.82, 2.24) is 30.1 Å². The van der Waals surface area contributed by atoms with Gasteiger partial charge in [0.25, 0.3) is 5.56 Å². The number of aromatic nitrogens is 5. The molecule has 0 bridgehead atoms. The first-order valence-electron chi connectivity index (χ1n) is 12.6. The minimum Gasteiger partial charge on any atom is -0.494 e. The van der Waals surface area contributed by atoms with E-state index in [-0.39, 0.29) is 11.4 Å². The van der Waals surface area contributed by atoms with Crippen LogP contribution >= 0.6 is 0 Å². The molecule has 1 N–H and O–H groups in total. The lowest BCUT2D eigenvalue weighted by atomic mass is 10.0. The summed E-state index contributed by atoms with van der Waals surface area (Å²) >= 11 is 0. The molecule has 10 heteroatoms. The number of benzene rings is 2. The normalized spacial score (nSPS) is 15.8. The predicted octanol–water partition coefficient (Wildman–Crippen LogP) is 3.72. The van der Waals surface area contributed by atoms with Gasteiger partial charge < -0.3 is 14.6 Å². The average molecular weight is 506 g/mol. The van der Waals surface area contributed by atoms with Crippen LogP contribution in [0, 0.1) is 5.82 Å². The molecule has 5 rings (SSSR count). The Morgan fingerprint density at radius 3 is 2.54 bits per heavy atom. The highest BCUT2D eigenvalue weighted by Crippen LogP contribution is 2.32. The molecule has 0 spiro atoms. The van der Waals surface area contributed by atoms with Crippen molar-refractivity contribution < 1.29 is 9.13 Å². The quantitative estimate of drug-likeness (QED) is 0.427. The van der Waals surface area contributed by atoms with Crippen molar-refractivity contribution in [3.05, 3.63) is 76.1 Å². The van der Waals surface area contributed by atoms with Gasteiger partial charge in [0.2, 0.25) is 0 Å². The van der Waals surface area contributed by atoms with Gasteiger partial charge >= 0.3 is 0 Å². The number of halogens is 1. The maximum atomic E-state index is 14.5. The lowest BCUT2D eigenvalue weighted by Gasteiger charge is -2.40. The summed E-state index contributed by atoms with van der Waals surface area (Å²) in [5.74, 6) is 1.10. The third-order valence-corrected chi connectivity index (χ3v) is 6.70. The van der Waals surface area contributed by atoms with Gasteiger partial charge in [-0.3, -0.25) is 9.69 Å². The predicted molar refractivity (Wildman–Crippen MR) is 141 cm³/mol. The Bertz CT molecular complexity index is 1450. The highest BCUT2D eigenvalue weighted by atomic mass is 19.1. The maximum Gasteiger partial charge on any atom is 0.253 e. The van der Waals surface area contributed by atoms with Crippen molar-refractivity contribution in [3.63, 3.8) is 0 Å². The second kappa shape index (κ2) is 9.93. The summed E-state index contributed by atoms with van der Waals surface area (Å²) in [7, 11) is 0. The highest BCUT2D eigenvalue weighted by molar-refractivity contribution is 5.80. The minimum absolute atomic E-state index is 0.193. The topological polar surface area (TPSA) is 92.2 Å². The molecule has 1 unspecified atom stereocenters. The van der Waals surface area contributed by atoms with Gasteiger partial charge in [0, 0.05) is 42.6 Å². The Kier molecular flexibility index (Phi) is 6.68. The smallest absolute Gasteiger partial charge is 0.253 e. The second-order valence-electron chi connectivity index (χ2n) is 10.2. The molecule has 1 aliphatic rings. The standard InChI is InChI=1S/C27H32FN7O2/c1-5-37-19-10-11-22-18(16-19)17-20(26(36)29-22)24(25-30-31-32-35(25)27(2,3)4)34-14-12-33(13-15-34)23-9-7-6-8-21(23)28/h6-11,16-17,24H,5,12-15H2,1-4H3,(H,29,36). The fourth-order valence-electron chi connectivity index (χ4n) is 4.93. The van der Waals surface area contributed by atoms with Gasteiger partial charge in [0.05, 0.1) is 17.8 Å². The molecular weight excluding hydrogens is 473 g/mol. The van der Waals surface area contributed by atoms with Crippen molar-refractivity contribution in [2.75, 3.05) is 37.7 Å². The second-order valence-corrected chi connectivity index (χ2v) is 10.2. The van der Waals surface area contributed by atoms with E-state index in [1.54, 1.807) is 16.8 Å². The first-order chi connectivity index (χ1) is 17.8. The highest BCUT2D eigenvalue weighted by Gasteiger charge is 2.35. The summed E-state index contributed by atoms with van der Waals surface area (Å²) in [4.78, 5) is 20.7. The maximum absolute atomic E-state index is 14.5. The van der Waals surface area contributed by atoms with E-state index >= 15 is 0 Å². The van der Waals surface area contributed by atoms with E-state index < -0.39 is 11.6 Å². The Morgan fingerprint density at radius 2 is 1.84 bits per heavy atom. The Balaban J connectivity index is 1.56. The molecule has 1 fully saturated rings. The average Bonchev–Trinajstić information content (AvgIpc) is 3.36. The molecule has 0 amide bonds. The van der Waals surface area contributed by atoms with Crippen LogP contribution in [-0.2, 0) is 5.54 Å². The Morgan fingerprint density at radius 1 is 1.08 bits per heavy atom. The molecule has 1 aliphatic heterocycles. The number of ether oxygens (including phenoxy) is 1. The zero-order valence-electron chi connectivity index (χ0n) is 21.6. The van der Waals surface area contributed by atoms with E-state index in [1.165, 1.54) is 6.07 Å². The molecule has 37 heavy (non-hydrogen) atoms. The van der Waals surface area contributed by atoms with Crippen molar-refractivity contribution in [2.24, 2.45) is 0 Å². The zero-order chi connectivity index (χ0) is 26.2. The fraction of sp³-hybridized carbons (Fsp3) is 0.407. The third-order valence-electron chi connectivity index (χ3n) is 6.70. The molecule has 1 saturated heterocycles. The number of pyridine rings is 1. The molecule has 4 aromatic rings. The zero-order valence-corrected chi connectivity index (χ0v) is 21.6. The molecule has 194 valence electrons. The van der Waals surface area contributed by atoms with Crippen LogP contribution in [-0.4, -0.2) is 62.9 Å². The molecular formula is C27H32FN7O2. The van der Waals surface area contributed by atoms with Crippen LogP contribution in [0.1, 0.15) is 45.1 Å². The number of hydrogen-bond donors (Lipinski definition) is 1. The van der Waals surface area contributed by atoms with E-state index in [1.807, 2.05) is 62.9 Å². The van der Waals surface area contributed by atoms with Crippen LogP contribution < -0.4 is 15.2 Å². The van der Waals surface area contributed by atoms with Crippen LogP contribution in [0.4, 0.5) is 10.1 Å². The fourth-order valence-corrected chi connectivity index (χ4v) is 4.93. The summed E-state index contributed by atoms with van der Waals surface area (Å²) in [5.41, 5.74) is 1.29. The molecule has 0 radical (unpaired) electrons. The number of anilines is 1. The van der Waals surface area contributed by atoms with Crippen molar-refractivity contribution in [3.8, 4) is 5.75 Å². The number of para-hydroxylation sites is 1. The van der Waals surface area contributed by atoms with Gasteiger partial charge in [-0.25, -0.2) is 9.07 Å². The molecule has 2 aromatic carbocycles. The summed E-state index contributed by atoms with van der Waals surface area (Å²) in [6.45, 7) is 11.0. The molecule has 0 saturated carbocycles. The molecule has 3 heterocycles. The minimum atomic E-state index is -0.485. The van der Waals surface area contributed by atoms with Crippen LogP contribution in [0.5, 0.6) is 5.75 Å². The van der Waals surface area contributed by atoms with E-state index in [0.29, 0.717) is 49.9 Å². The van der Waals surface area contributed by atoms with Crippen LogP contribution in [0.3, 0.4) is 0 Å².